The Bertz CT molecular complexity index is 719. The number of nitrogens with zero attached hydrogens (tertiary/aromatic N) is 1. The summed E-state index contributed by atoms with van der Waals surface area (Å²) < 4.78 is 52.8. The summed E-state index contributed by atoms with van der Waals surface area (Å²) in [5.41, 5.74) is -1.63. The van der Waals surface area contributed by atoms with Gasteiger partial charge in [0.25, 0.3) is 0 Å². The van der Waals surface area contributed by atoms with E-state index in [1.165, 1.54) is 0 Å². The van der Waals surface area contributed by atoms with Gasteiger partial charge in [0, 0.05) is 19.2 Å². The summed E-state index contributed by atoms with van der Waals surface area (Å²) in [5, 5.41) is 19.7. The van der Waals surface area contributed by atoms with Crippen molar-refractivity contribution in [2.75, 3.05) is 13.1 Å². The molecular formula is C15H19F2NO5S. The van der Waals surface area contributed by atoms with Crippen LogP contribution in [0.3, 0.4) is 0 Å². The van der Waals surface area contributed by atoms with E-state index in [1.54, 1.807) is 6.92 Å². The molecule has 1 aromatic carbocycles. The fraction of sp³-hybridized carbons (Fsp3) is 0.533. The minimum atomic E-state index is -4.27. The summed E-state index contributed by atoms with van der Waals surface area (Å²) in [5.74, 6) is -3.37. The van der Waals surface area contributed by atoms with Gasteiger partial charge in [-0.1, -0.05) is 13.3 Å². The van der Waals surface area contributed by atoms with Crippen molar-refractivity contribution in [2.24, 2.45) is 5.41 Å². The molecule has 0 spiro atoms. The molecule has 1 aromatic rings. The molecule has 0 radical (unpaired) electrons. The minimum Gasteiger partial charge on any atom is -0.481 e. The Kier molecular flexibility index (Phi) is 5.26. The van der Waals surface area contributed by atoms with Crippen molar-refractivity contribution < 1.29 is 32.2 Å². The van der Waals surface area contributed by atoms with Gasteiger partial charge in [0.2, 0.25) is 10.0 Å². The van der Waals surface area contributed by atoms with Crippen LogP contribution in [0.15, 0.2) is 23.1 Å². The topological polar surface area (TPSA) is 94.9 Å². The van der Waals surface area contributed by atoms with Crippen LogP contribution in [0.1, 0.15) is 26.2 Å². The third-order valence-corrected chi connectivity index (χ3v) is 6.17. The van der Waals surface area contributed by atoms with Crippen LogP contribution in [-0.2, 0) is 14.8 Å². The van der Waals surface area contributed by atoms with Crippen LogP contribution in [0.25, 0.3) is 0 Å². The molecule has 0 aromatic heterocycles. The van der Waals surface area contributed by atoms with E-state index in [2.05, 4.69) is 0 Å². The molecule has 0 aliphatic carbocycles. The second kappa shape index (κ2) is 6.73. The quantitative estimate of drug-likeness (QED) is 0.828. The van der Waals surface area contributed by atoms with E-state index >= 15 is 0 Å². The summed E-state index contributed by atoms with van der Waals surface area (Å²) in [6.45, 7) is 1.16. The van der Waals surface area contributed by atoms with Gasteiger partial charge >= 0.3 is 5.97 Å². The number of carboxylic acid groups (broad SMARTS) is 1. The fourth-order valence-electron chi connectivity index (χ4n) is 3.08. The van der Waals surface area contributed by atoms with Crippen molar-refractivity contribution in [3.8, 4) is 0 Å². The van der Waals surface area contributed by atoms with Crippen molar-refractivity contribution in [1.82, 2.24) is 4.31 Å². The van der Waals surface area contributed by atoms with Crippen LogP contribution in [0.2, 0.25) is 0 Å². The summed E-state index contributed by atoms with van der Waals surface area (Å²) in [4.78, 5) is 11.1. The predicted octanol–water partition coefficient (Wildman–Crippen LogP) is 1.59. The molecular weight excluding hydrogens is 344 g/mol. The number of halogens is 2. The van der Waals surface area contributed by atoms with E-state index in [9.17, 15) is 32.2 Å². The second-order valence-electron chi connectivity index (χ2n) is 5.96. The highest BCUT2D eigenvalue weighted by atomic mass is 32.2. The molecule has 0 saturated carbocycles. The zero-order chi connectivity index (χ0) is 18.1. The van der Waals surface area contributed by atoms with E-state index in [1.807, 2.05) is 0 Å². The molecule has 1 saturated heterocycles. The van der Waals surface area contributed by atoms with Gasteiger partial charge in [-0.05, 0) is 25.0 Å². The van der Waals surface area contributed by atoms with Gasteiger partial charge in [-0.15, -0.1) is 0 Å². The Morgan fingerprint density at radius 1 is 1.33 bits per heavy atom. The lowest BCUT2D eigenvalue weighted by molar-refractivity contribution is -0.161. The number of aliphatic hydroxyl groups is 1. The molecule has 2 rings (SSSR count). The van der Waals surface area contributed by atoms with Crippen LogP contribution in [0, 0.1) is 17.0 Å². The number of aliphatic carboxylic acids is 1. The molecule has 2 N–H and O–H groups in total. The fourth-order valence-corrected chi connectivity index (χ4v) is 4.65. The van der Waals surface area contributed by atoms with Crippen LogP contribution < -0.4 is 0 Å². The van der Waals surface area contributed by atoms with Crippen LogP contribution in [0.5, 0.6) is 0 Å². The van der Waals surface area contributed by atoms with Crippen molar-refractivity contribution in [3.63, 3.8) is 0 Å². The van der Waals surface area contributed by atoms with Crippen LogP contribution >= 0.6 is 0 Å². The Hall–Kier alpha value is -1.58. The number of piperidine rings is 1. The summed E-state index contributed by atoms with van der Waals surface area (Å²) in [6, 6.07) is 1.93. The Morgan fingerprint density at radius 2 is 1.92 bits per heavy atom. The molecule has 2 atom stereocenters. The van der Waals surface area contributed by atoms with Gasteiger partial charge in [-0.25, -0.2) is 17.2 Å². The predicted molar refractivity (Wildman–Crippen MR) is 80.7 cm³/mol. The second-order valence-corrected chi connectivity index (χ2v) is 7.90. The molecule has 1 heterocycles. The highest BCUT2D eigenvalue weighted by molar-refractivity contribution is 7.89. The molecule has 0 bridgehead atoms. The SMILES string of the molecule is CCC[C@]1(C(=O)O)CN(S(=O)(=O)c2cc(F)cc(F)c2)CC[C@H]1O. The number of hydrogen-bond acceptors (Lipinski definition) is 4. The van der Waals surface area contributed by atoms with Crippen molar-refractivity contribution in [3.05, 3.63) is 29.8 Å². The highest BCUT2D eigenvalue weighted by Crippen LogP contribution is 2.37. The Morgan fingerprint density at radius 3 is 2.42 bits per heavy atom. The van der Waals surface area contributed by atoms with Gasteiger partial charge in [0.1, 0.15) is 17.0 Å². The molecule has 24 heavy (non-hydrogen) atoms. The van der Waals surface area contributed by atoms with E-state index in [0.717, 1.165) is 4.31 Å². The zero-order valence-corrected chi connectivity index (χ0v) is 13.9. The minimum absolute atomic E-state index is 0.0661. The third kappa shape index (κ3) is 3.28. The largest absolute Gasteiger partial charge is 0.481 e. The van der Waals surface area contributed by atoms with Crippen LogP contribution in [-0.4, -0.2) is 48.1 Å². The smallest absolute Gasteiger partial charge is 0.313 e. The van der Waals surface area contributed by atoms with Gasteiger partial charge in [-0.2, -0.15) is 4.31 Å². The lowest BCUT2D eigenvalue weighted by atomic mass is 9.74. The maximum atomic E-state index is 13.3. The lowest BCUT2D eigenvalue weighted by Gasteiger charge is -2.42. The summed E-state index contributed by atoms with van der Waals surface area (Å²) in [7, 11) is -4.27. The van der Waals surface area contributed by atoms with Crippen molar-refractivity contribution >= 4 is 16.0 Å². The first-order valence-corrected chi connectivity index (χ1v) is 8.95. The molecule has 9 heteroatoms. The molecule has 0 amide bonds. The highest BCUT2D eigenvalue weighted by Gasteiger charge is 2.50. The molecule has 134 valence electrons. The third-order valence-electron chi connectivity index (χ3n) is 4.34. The zero-order valence-electron chi connectivity index (χ0n) is 13.1. The molecule has 0 unspecified atom stereocenters. The monoisotopic (exact) mass is 363 g/mol. The number of sulfonamides is 1. The first kappa shape index (κ1) is 18.8. The number of carbonyl (C=O) groups is 1. The standard InChI is InChI=1S/C15H19F2NO5S/c1-2-4-15(14(20)21)9-18(5-3-13(15)19)24(22,23)12-7-10(16)6-11(17)8-12/h6-8,13,19H,2-5,9H2,1H3,(H,20,21)/t13-,15+/m1/s1. The van der Waals surface area contributed by atoms with E-state index in [-0.39, 0.29) is 19.4 Å². The molecule has 6 nitrogen and oxygen atoms in total. The van der Waals surface area contributed by atoms with Crippen LogP contribution in [0.4, 0.5) is 8.78 Å². The van der Waals surface area contributed by atoms with Crippen molar-refractivity contribution in [1.29, 1.82) is 0 Å². The molecule has 1 aliphatic heterocycles. The number of hydrogen-bond donors (Lipinski definition) is 2. The summed E-state index contributed by atoms with van der Waals surface area (Å²) in [6.07, 6.45) is -0.729. The first-order chi connectivity index (χ1) is 11.1. The number of aliphatic hydroxyl groups excluding tert-OH is 1. The van der Waals surface area contributed by atoms with Gasteiger partial charge in [0.15, 0.2) is 0 Å². The average Bonchev–Trinajstić information content (AvgIpc) is 2.48. The Balaban J connectivity index is 2.42. The molecule has 1 aliphatic rings. The number of carboxylic acids is 1. The van der Waals surface area contributed by atoms with E-state index < -0.39 is 50.6 Å². The number of benzene rings is 1. The van der Waals surface area contributed by atoms with Gasteiger partial charge < -0.3 is 10.2 Å². The lowest BCUT2D eigenvalue weighted by Crippen LogP contribution is -2.57. The maximum Gasteiger partial charge on any atom is 0.313 e. The number of rotatable bonds is 5. The normalized spacial score (nSPS) is 25.6. The first-order valence-electron chi connectivity index (χ1n) is 7.51. The maximum absolute atomic E-state index is 13.3. The Labute approximate surface area is 138 Å². The van der Waals surface area contributed by atoms with Crippen molar-refractivity contribution in [2.45, 2.75) is 37.2 Å². The molecule has 1 fully saturated rings. The van der Waals surface area contributed by atoms with E-state index in [4.69, 9.17) is 0 Å². The van der Waals surface area contributed by atoms with Gasteiger partial charge in [-0.3, -0.25) is 4.79 Å². The van der Waals surface area contributed by atoms with E-state index in [0.29, 0.717) is 24.6 Å². The average molecular weight is 363 g/mol. The summed E-state index contributed by atoms with van der Waals surface area (Å²) >= 11 is 0. The van der Waals surface area contributed by atoms with Gasteiger partial charge in [0.05, 0.1) is 11.0 Å².